The summed E-state index contributed by atoms with van der Waals surface area (Å²) in [7, 11) is 0. The van der Waals surface area contributed by atoms with Crippen molar-refractivity contribution in [1.82, 2.24) is 0 Å². The summed E-state index contributed by atoms with van der Waals surface area (Å²) in [5, 5.41) is 8.81. The highest BCUT2D eigenvalue weighted by molar-refractivity contribution is 5.08. The number of hydrogen-bond donors (Lipinski definition) is 3. The Morgan fingerprint density at radius 1 is 0.745 bits per heavy atom. The maximum Gasteiger partial charge on any atom is 0.145 e. The molecule has 3 fully saturated rings. The molecular weight excluding hydrogens is 612 g/mol. The van der Waals surface area contributed by atoms with Crippen LogP contribution in [-0.2, 0) is 47.4 Å². The summed E-state index contributed by atoms with van der Waals surface area (Å²) in [6.07, 6.45) is 0.766. The SMILES string of the molecule is CC(C)OCC(COC(C)C)O[C@@H](N)CO.CC(C)OC[C@@]12COC([C@H](N)O1)[C@H]2OC(C)C.CC(C)OC[C@H]1OCC[C@H]1OC(C)C. The molecule has 0 spiro atoms. The van der Waals surface area contributed by atoms with E-state index in [2.05, 4.69) is 13.8 Å². The molecule has 3 aliphatic rings. The molecule has 0 aromatic heterocycles. The Labute approximate surface area is 284 Å². The molecule has 0 saturated carbocycles. The number of rotatable bonds is 19. The fourth-order valence-corrected chi connectivity index (χ4v) is 4.97. The monoisotopic (exact) mass is 682 g/mol. The van der Waals surface area contributed by atoms with E-state index >= 15 is 0 Å². The lowest BCUT2D eigenvalue weighted by Crippen LogP contribution is -2.48. The van der Waals surface area contributed by atoms with Gasteiger partial charge in [0.1, 0.15) is 42.5 Å². The normalized spacial score (nSPS) is 27.8. The molecule has 2 bridgehead atoms. The average Bonchev–Trinajstić information content (AvgIpc) is 3.63. The number of ether oxygens (including phenoxy) is 10. The van der Waals surface area contributed by atoms with Crippen LogP contribution < -0.4 is 11.5 Å². The molecule has 0 aliphatic carbocycles. The van der Waals surface area contributed by atoms with Crippen molar-refractivity contribution in [3.8, 4) is 0 Å². The average molecular weight is 683 g/mol. The van der Waals surface area contributed by atoms with Crippen LogP contribution in [0.2, 0.25) is 0 Å². The second-order valence-electron chi connectivity index (χ2n) is 13.9. The van der Waals surface area contributed by atoms with Gasteiger partial charge in [0.2, 0.25) is 0 Å². The number of hydrogen-bond acceptors (Lipinski definition) is 13. The van der Waals surface area contributed by atoms with Gasteiger partial charge in [0, 0.05) is 6.61 Å². The summed E-state index contributed by atoms with van der Waals surface area (Å²) < 4.78 is 56.1. The van der Waals surface area contributed by atoms with Gasteiger partial charge in [0.25, 0.3) is 0 Å². The number of nitrogens with two attached hydrogens (primary N) is 2. The van der Waals surface area contributed by atoms with Crippen molar-refractivity contribution in [3.63, 3.8) is 0 Å². The molecule has 0 radical (unpaired) electrons. The van der Waals surface area contributed by atoms with Crippen molar-refractivity contribution in [2.45, 2.75) is 175 Å². The largest absolute Gasteiger partial charge is 0.392 e. The first kappa shape index (κ1) is 44.5. The van der Waals surface area contributed by atoms with Crippen LogP contribution in [0.15, 0.2) is 0 Å². The number of aliphatic hydroxyl groups excluding tert-OH is 1. The van der Waals surface area contributed by atoms with E-state index < -0.39 is 18.1 Å². The van der Waals surface area contributed by atoms with Crippen molar-refractivity contribution in [2.75, 3.05) is 46.2 Å². The first-order valence-electron chi connectivity index (χ1n) is 17.4. The molecule has 13 nitrogen and oxygen atoms in total. The van der Waals surface area contributed by atoms with E-state index in [9.17, 15) is 0 Å². The molecule has 7 atom stereocenters. The molecule has 0 aromatic carbocycles. The predicted molar refractivity (Wildman–Crippen MR) is 180 cm³/mol. The van der Waals surface area contributed by atoms with E-state index in [1.807, 2.05) is 69.2 Å². The van der Waals surface area contributed by atoms with Crippen molar-refractivity contribution >= 4 is 0 Å². The second kappa shape index (κ2) is 23.0. The van der Waals surface area contributed by atoms with Crippen LogP contribution in [0, 0.1) is 0 Å². The van der Waals surface area contributed by atoms with Crippen LogP contribution in [-0.4, -0.2) is 137 Å². The van der Waals surface area contributed by atoms with E-state index in [-0.39, 0.29) is 73.8 Å². The lowest BCUT2D eigenvalue weighted by Gasteiger charge is -2.31. The van der Waals surface area contributed by atoms with Gasteiger partial charge in [0.05, 0.1) is 82.4 Å². The van der Waals surface area contributed by atoms with Crippen LogP contribution in [0.25, 0.3) is 0 Å². The third kappa shape index (κ3) is 17.8. The molecule has 3 rings (SSSR count). The van der Waals surface area contributed by atoms with Crippen LogP contribution >= 0.6 is 0 Å². The Balaban J connectivity index is 0.000000354. The van der Waals surface area contributed by atoms with Gasteiger partial charge in [-0.25, -0.2) is 0 Å². The summed E-state index contributed by atoms with van der Waals surface area (Å²) >= 11 is 0. The van der Waals surface area contributed by atoms with Crippen molar-refractivity contribution in [2.24, 2.45) is 11.5 Å². The zero-order valence-electron chi connectivity index (χ0n) is 31.3. The topological polar surface area (TPSA) is 165 Å². The quantitative estimate of drug-likeness (QED) is 0.170. The highest BCUT2D eigenvalue weighted by Crippen LogP contribution is 2.41. The maximum atomic E-state index is 8.81. The van der Waals surface area contributed by atoms with Gasteiger partial charge in [-0.15, -0.1) is 0 Å². The number of fused-ring (bicyclic) bond motifs is 2. The Hall–Kier alpha value is -0.520. The summed E-state index contributed by atoms with van der Waals surface area (Å²) in [6.45, 7) is 27.0. The molecule has 282 valence electrons. The van der Waals surface area contributed by atoms with Crippen LogP contribution in [0.5, 0.6) is 0 Å². The minimum absolute atomic E-state index is 0.122. The number of aliphatic hydroxyl groups is 1. The summed E-state index contributed by atoms with van der Waals surface area (Å²) in [5.41, 5.74) is 10.9. The minimum atomic E-state index is -0.684. The smallest absolute Gasteiger partial charge is 0.145 e. The standard InChI is InChI=1S/C12H23NO4.C11H25NO4.C11H22O3/c1-7(2)14-5-12-6-15-9(11(13)17-12)10(12)16-8(3)4;1-8(2)14-6-10(7-15-9(3)4)16-11(12)5-13;1-8(2)13-7-11-10(5-6-12-11)14-9(3)4/h7-11H,5-6,13H2,1-4H3;8-11,13H,5-7,12H2,1-4H3;8-11H,5-7H2,1-4H3/t9?,10-,11-,12+;11-;10-,11-/m111/s1. The molecule has 3 saturated heterocycles. The van der Waals surface area contributed by atoms with Gasteiger partial charge >= 0.3 is 0 Å². The van der Waals surface area contributed by atoms with Crippen LogP contribution in [0.3, 0.4) is 0 Å². The molecule has 3 heterocycles. The summed E-state index contributed by atoms with van der Waals surface area (Å²) in [6, 6.07) is 0. The third-order valence-corrected chi connectivity index (χ3v) is 7.08. The summed E-state index contributed by atoms with van der Waals surface area (Å²) in [4.78, 5) is 0. The van der Waals surface area contributed by atoms with Crippen molar-refractivity contribution < 1.29 is 52.5 Å². The highest BCUT2D eigenvalue weighted by atomic mass is 16.7. The lowest BCUT2D eigenvalue weighted by atomic mass is 10.00. The third-order valence-electron chi connectivity index (χ3n) is 7.08. The summed E-state index contributed by atoms with van der Waals surface area (Å²) in [5.74, 6) is 0. The molecule has 1 unspecified atom stereocenters. The lowest BCUT2D eigenvalue weighted by molar-refractivity contribution is -0.177. The van der Waals surface area contributed by atoms with Gasteiger partial charge in [-0.05, 0) is 89.5 Å². The van der Waals surface area contributed by atoms with Gasteiger partial charge in [-0.1, -0.05) is 0 Å². The van der Waals surface area contributed by atoms with Gasteiger partial charge in [0.15, 0.2) is 0 Å². The van der Waals surface area contributed by atoms with Crippen LogP contribution in [0.1, 0.15) is 89.5 Å². The van der Waals surface area contributed by atoms with Crippen LogP contribution in [0.4, 0.5) is 0 Å². The van der Waals surface area contributed by atoms with E-state index in [0.717, 1.165) is 13.0 Å². The van der Waals surface area contributed by atoms with Crippen molar-refractivity contribution in [3.05, 3.63) is 0 Å². The first-order valence-corrected chi connectivity index (χ1v) is 17.4. The van der Waals surface area contributed by atoms with Gasteiger partial charge < -0.3 is 63.9 Å². The Bertz CT molecular complexity index is 777. The molecule has 13 heteroatoms. The zero-order chi connectivity index (χ0) is 35.7. The van der Waals surface area contributed by atoms with Gasteiger partial charge in [-0.3, -0.25) is 0 Å². The second-order valence-corrected chi connectivity index (χ2v) is 13.9. The molecular formula is C34H70N2O11. The first-order chi connectivity index (χ1) is 22.0. The molecule has 47 heavy (non-hydrogen) atoms. The Morgan fingerprint density at radius 3 is 1.77 bits per heavy atom. The zero-order valence-corrected chi connectivity index (χ0v) is 31.3. The van der Waals surface area contributed by atoms with E-state index in [1.165, 1.54) is 0 Å². The molecule has 0 amide bonds. The van der Waals surface area contributed by atoms with E-state index in [4.69, 9.17) is 63.9 Å². The van der Waals surface area contributed by atoms with Gasteiger partial charge in [-0.2, -0.15) is 0 Å². The molecule has 0 aromatic rings. The van der Waals surface area contributed by atoms with Crippen molar-refractivity contribution in [1.29, 1.82) is 0 Å². The predicted octanol–water partition coefficient (Wildman–Crippen LogP) is 3.15. The molecule has 5 N–H and O–H groups in total. The Morgan fingerprint density at radius 2 is 1.30 bits per heavy atom. The highest BCUT2D eigenvalue weighted by Gasteiger charge is 2.62. The van der Waals surface area contributed by atoms with E-state index in [1.54, 1.807) is 0 Å². The van der Waals surface area contributed by atoms with E-state index in [0.29, 0.717) is 33.0 Å². The fourth-order valence-electron chi connectivity index (χ4n) is 4.97. The molecule has 3 aliphatic heterocycles. The Kier molecular flexibility index (Phi) is 21.8. The fraction of sp³-hybridized carbons (Fsp3) is 1.00. The maximum absolute atomic E-state index is 8.81. The minimum Gasteiger partial charge on any atom is -0.392 e.